The van der Waals surface area contributed by atoms with Crippen molar-refractivity contribution in [2.24, 2.45) is 0 Å². The monoisotopic (exact) mass is 244 g/mol. The summed E-state index contributed by atoms with van der Waals surface area (Å²) < 4.78 is 10.2. The van der Waals surface area contributed by atoms with Crippen molar-refractivity contribution in [1.29, 1.82) is 0 Å². The van der Waals surface area contributed by atoms with Crippen molar-refractivity contribution in [1.82, 2.24) is 0 Å². The minimum absolute atomic E-state index is 0.0749. The highest BCUT2D eigenvalue weighted by Crippen LogP contribution is 2.22. The van der Waals surface area contributed by atoms with E-state index in [1.807, 2.05) is 0 Å². The summed E-state index contributed by atoms with van der Waals surface area (Å²) in [6.07, 6.45) is 0.773. The van der Waals surface area contributed by atoms with Crippen LogP contribution in [0.25, 0.3) is 0 Å². The summed E-state index contributed by atoms with van der Waals surface area (Å²) in [6.45, 7) is 1.14. The van der Waals surface area contributed by atoms with Crippen LogP contribution in [0.15, 0.2) is 18.2 Å². The second kappa shape index (κ2) is 6.35. The third-order valence-corrected chi connectivity index (χ3v) is 2.25. The van der Waals surface area contributed by atoms with Crippen molar-refractivity contribution in [3.8, 4) is 5.75 Å². The number of rotatable bonds is 6. The van der Waals surface area contributed by atoms with E-state index in [2.05, 4.69) is 0 Å². The van der Waals surface area contributed by atoms with E-state index in [4.69, 9.17) is 26.2 Å². The molecule has 4 nitrogen and oxygen atoms in total. The van der Waals surface area contributed by atoms with Gasteiger partial charge >= 0.3 is 5.97 Å². The number of hydrogen-bond acceptors (Lipinski definition) is 3. The molecule has 0 unspecified atom stereocenters. The zero-order valence-corrected chi connectivity index (χ0v) is 9.66. The van der Waals surface area contributed by atoms with Gasteiger partial charge in [0.15, 0.2) is 0 Å². The van der Waals surface area contributed by atoms with Gasteiger partial charge in [-0.1, -0.05) is 11.6 Å². The fraction of sp³-hybridized carbons (Fsp3) is 0.364. The molecule has 0 heterocycles. The lowest BCUT2D eigenvalue weighted by Gasteiger charge is -2.07. The van der Waals surface area contributed by atoms with Gasteiger partial charge in [0, 0.05) is 20.1 Å². The Morgan fingerprint density at radius 3 is 2.75 bits per heavy atom. The Hall–Kier alpha value is -1.26. The smallest absolute Gasteiger partial charge is 0.337 e. The molecule has 1 aromatic carbocycles. The maximum absolute atomic E-state index is 10.7. The van der Waals surface area contributed by atoms with Crippen LogP contribution in [-0.4, -0.2) is 31.4 Å². The van der Waals surface area contributed by atoms with E-state index < -0.39 is 5.97 Å². The van der Waals surface area contributed by atoms with Gasteiger partial charge in [-0.3, -0.25) is 0 Å². The van der Waals surface area contributed by atoms with Crippen molar-refractivity contribution in [2.75, 3.05) is 20.3 Å². The molecule has 0 aliphatic heterocycles. The molecule has 0 saturated carbocycles. The van der Waals surface area contributed by atoms with Gasteiger partial charge in [0.2, 0.25) is 0 Å². The Morgan fingerprint density at radius 1 is 1.44 bits per heavy atom. The molecule has 0 spiro atoms. The number of aromatic carboxylic acids is 1. The molecular weight excluding hydrogens is 232 g/mol. The molecule has 0 radical (unpaired) electrons. The van der Waals surface area contributed by atoms with Crippen LogP contribution in [0.2, 0.25) is 5.02 Å². The first kappa shape index (κ1) is 12.8. The first-order chi connectivity index (χ1) is 7.65. The number of carboxylic acids is 1. The van der Waals surface area contributed by atoms with Crippen LogP contribution >= 0.6 is 11.6 Å². The van der Waals surface area contributed by atoms with Crippen molar-refractivity contribution in [3.05, 3.63) is 28.8 Å². The van der Waals surface area contributed by atoms with Crippen molar-refractivity contribution >= 4 is 17.6 Å². The number of hydrogen-bond donors (Lipinski definition) is 1. The van der Waals surface area contributed by atoms with E-state index in [9.17, 15) is 4.79 Å². The standard InChI is InChI=1S/C11H13ClO4/c1-15-5-2-6-16-8-3-4-9(11(13)14)10(12)7-8/h3-4,7H,2,5-6H2,1H3,(H,13,14). The molecular formula is C11H13ClO4. The van der Waals surface area contributed by atoms with Gasteiger partial charge in [-0.2, -0.15) is 0 Å². The van der Waals surface area contributed by atoms with Crippen LogP contribution in [-0.2, 0) is 4.74 Å². The Balaban J connectivity index is 2.56. The van der Waals surface area contributed by atoms with Gasteiger partial charge in [0.05, 0.1) is 17.2 Å². The quantitative estimate of drug-likeness (QED) is 0.781. The Morgan fingerprint density at radius 2 is 2.19 bits per heavy atom. The summed E-state index contributed by atoms with van der Waals surface area (Å²) in [4.78, 5) is 10.7. The van der Waals surface area contributed by atoms with Gasteiger partial charge in [-0.05, 0) is 18.2 Å². The Labute approximate surface area is 98.7 Å². The Bertz CT molecular complexity index is 365. The summed E-state index contributed by atoms with van der Waals surface area (Å²) in [5.41, 5.74) is 0.0749. The number of ether oxygens (including phenoxy) is 2. The van der Waals surface area contributed by atoms with Crippen molar-refractivity contribution < 1.29 is 19.4 Å². The zero-order valence-electron chi connectivity index (χ0n) is 8.90. The lowest BCUT2D eigenvalue weighted by atomic mass is 10.2. The maximum Gasteiger partial charge on any atom is 0.337 e. The maximum atomic E-state index is 10.7. The van der Waals surface area contributed by atoms with Gasteiger partial charge in [0.1, 0.15) is 5.75 Å². The molecule has 0 amide bonds. The molecule has 88 valence electrons. The summed E-state index contributed by atoms with van der Waals surface area (Å²) in [7, 11) is 1.62. The average molecular weight is 245 g/mol. The number of halogens is 1. The van der Waals surface area contributed by atoms with E-state index in [0.717, 1.165) is 6.42 Å². The van der Waals surface area contributed by atoms with E-state index in [-0.39, 0.29) is 10.6 Å². The highest BCUT2D eigenvalue weighted by Gasteiger charge is 2.08. The van der Waals surface area contributed by atoms with Gasteiger partial charge in [0.25, 0.3) is 0 Å². The molecule has 0 bridgehead atoms. The molecule has 0 fully saturated rings. The van der Waals surface area contributed by atoms with Crippen molar-refractivity contribution in [3.63, 3.8) is 0 Å². The van der Waals surface area contributed by atoms with Crippen molar-refractivity contribution in [2.45, 2.75) is 6.42 Å². The van der Waals surface area contributed by atoms with Crippen LogP contribution < -0.4 is 4.74 Å². The predicted octanol–water partition coefficient (Wildman–Crippen LogP) is 2.45. The number of methoxy groups -OCH3 is 1. The number of benzene rings is 1. The molecule has 0 aromatic heterocycles. The minimum Gasteiger partial charge on any atom is -0.493 e. The fourth-order valence-electron chi connectivity index (χ4n) is 1.15. The molecule has 0 aliphatic carbocycles. The molecule has 1 rings (SSSR count). The topological polar surface area (TPSA) is 55.8 Å². The SMILES string of the molecule is COCCCOc1ccc(C(=O)O)c(Cl)c1. The normalized spacial score (nSPS) is 10.1. The van der Waals surface area contributed by atoms with Crippen LogP contribution in [0, 0.1) is 0 Å². The molecule has 0 saturated heterocycles. The molecule has 0 atom stereocenters. The predicted molar refractivity (Wildman–Crippen MR) is 60.4 cm³/mol. The van der Waals surface area contributed by atoms with E-state index >= 15 is 0 Å². The van der Waals surface area contributed by atoms with Crippen LogP contribution in [0.5, 0.6) is 5.75 Å². The molecule has 1 N–H and O–H groups in total. The number of carbonyl (C=O) groups is 1. The zero-order chi connectivity index (χ0) is 12.0. The summed E-state index contributed by atoms with van der Waals surface area (Å²) in [5, 5.41) is 8.94. The van der Waals surface area contributed by atoms with E-state index in [1.165, 1.54) is 12.1 Å². The first-order valence-corrected chi connectivity index (χ1v) is 5.17. The summed E-state index contributed by atoms with van der Waals surface area (Å²) >= 11 is 5.78. The number of carboxylic acid groups (broad SMARTS) is 1. The second-order valence-electron chi connectivity index (χ2n) is 3.14. The van der Waals surface area contributed by atoms with Gasteiger partial charge in [-0.15, -0.1) is 0 Å². The lowest BCUT2D eigenvalue weighted by Crippen LogP contribution is -2.02. The van der Waals surface area contributed by atoms with Gasteiger partial charge in [-0.25, -0.2) is 4.79 Å². The van der Waals surface area contributed by atoms with E-state index in [0.29, 0.717) is 19.0 Å². The molecule has 16 heavy (non-hydrogen) atoms. The Kier molecular flexibility index (Phi) is 5.08. The fourth-order valence-corrected chi connectivity index (χ4v) is 1.40. The average Bonchev–Trinajstić information content (AvgIpc) is 2.24. The van der Waals surface area contributed by atoms with E-state index in [1.54, 1.807) is 13.2 Å². The minimum atomic E-state index is -1.05. The molecule has 5 heteroatoms. The van der Waals surface area contributed by atoms with Crippen LogP contribution in [0.4, 0.5) is 0 Å². The summed E-state index contributed by atoms with van der Waals surface area (Å²) in [6, 6.07) is 4.51. The van der Waals surface area contributed by atoms with Crippen LogP contribution in [0.1, 0.15) is 16.8 Å². The molecule has 0 aliphatic rings. The molecule has 1 aromatic rings. The third-order valence-electron chi connectivity index (χ3n) is 1.93. The third kappa shape index (κ3) is 3.72. The van der Waals surface area contributed by atoms with Gasteiger partial charge < -0.3 is 14.6 Å². The summed E-state index contributed by atoms with van der Waals surface area (Å²) in [5.74, 6) is -0.484. The highest BCUT2D eigenvalue weighted by atomic mass is 35.5. The lowest BCUT2D eigenvalue weighted by molar-refractivity contribution is 0.0697. The largest absolute Gasteiger partial charge is 0.493 e. The van der Waals surface area contributed by atoms with Crippen LogP contribution in [0.3, 0.4) is 0 Å². The first-order valence-electron chi connectivity index (χ1n) is 4.79. The highest BCUT2D eigenvalue weighted by molar-refractivity contribution is 6.33. The second-order valence-corrected chi connectivity index (χ2v) is 3.55.